The first-order chi connectivity index (χ1) is 12.6. The third-order valence-corrected chi connectivity index (χ3v) is 5.17. The number of rotatable bonds is 3. The Bertz CT molecular complexity index is 844. The van der Waals surface area contributed by atoms with Gasteiger partial charge in [-0.05, 0) is 25.0 Å². The molecule has 0 aliphatic carbocycles. The van der Waals surface area contributed by atoms with Gasteiger partial charge in [-0.2, -0.15) is 4.98 Å². The zero-order chi connectivity index (χ0) is 18.1. The molecule has 2 aromatic heterocycles. The highest BCUT2D eigenvalue weighted by molar-refractivity contribution is 5.51. The van der Waals surface area contributed by atoms with Gasteiger partial charge in [0.1, 0.15) is 11.6 Å². The second-order valence-corrected chi connectivity index (χ2v) is 6.95. The molecule has 0 atom stereocenters. The highest BCUT2D eigenvalue weighted by atomic mass is 16.3. The number of fused-ring (bicyclic) bond motifs is 1. The van der Waals surface area contributed by atoms with E-state index in [2.05, 4.69) is 24.7 Å². The van der Waals surface area contributed by atoms with E-state index in [-0.39, 0.29) is 11.3 Å². The van der Waals surface area contributed by atoms with E-state index in [1.807, 2.05) is 7.05 Å². The fourth-order valence-corrected chi connectivity index (χ4v) is 3.64. The van der Waals surface area contributed by atoms with Crippen LogP contribution in [-0.4, -0.2) is 64.7 Å². The minimum atomic E-state index is -0.0163. The molecule has 4 rings (SSSR count). The van der Waals surface area contributed by atoms with Gasteiger partial charge in [-0.1, -0.05) is 0 Å². The number of H-pyrrole nitrogens is 1. The Labute approximate surface area is 152 Å². The molecule has 1 saturated heterocycles. The molecule has 2 aliphatic rings. The molecule has 0 radical (unpaired) electrons. The molecule has 2 aliphatic heterocycles. The lowest BCUT2D eigenvalue weighted by Crippen LogP contribution is -2.47. The molecule has 1 fully saturated rings. The molecule has 138 valence electrons. The van der Waals surface area contributed by atoms with Crippen LogP contribution in [0.2, 0.25) is 0 Å². The SMILES string of the molecule is CN1CCCc2c1nc(N1CCN(Cc3ncccc3O)CC1)[nH]c2=O. The lowest BCUT2D eigenvalue weighted by molar-refractivity contribution is 0.242. The molecule has 2 aromatic rings. The summed E-state index contributed by atoms with van der Waals surface area (Å²) in [7, 11) is 1.99. The molecule has 0 unspecified atom stereocenters. The number of aromatic nitrogens is 3. The maximum atomic E-state index is 12.4. The molecule has 8 heteroatoms. The third-order valence-electron chi connectivity index (χ3n) is 5.17. The maximum Gasteiger partial charge on any atom is 0.257 e. The van der Waals surface area contributed by atoms with Crippen LogP contribution < -0.4 is 15.4 Å². The van der Waals surface area contributed by atoms with Gasteiger partial charge in [0.05, 0.1) is 11.3 Å². The van der Waals surface area contributed by atoms with Crippen molar-refractivity contribution in [1.82, 2.24) is 19.9 Å². The number of nitrogens with one attached hydrogen (secondary N) is 1. The van der Waals surface area contributed by atoms with Crippen LogP contribution in [0.5, 0.6) is 5.75 Å². The summed E-state index contributed by atoms with van der Waals surface area (Å²) < 4.78 is 0. The van der Waals surface area contributed by atoms with Gasteiger partial charge in [-0.25, -0.2) is 0 Å². The van der Waals surface area contributed by atoms with Crippen molar-refractivity contribution in [2.24, 2.45) is 0 Å². The highest BCUT2D eigenvalue weighted by Gasteiger charge is 2.24. The molecule has 0 spiro atoms. The van der Waals surface area contributed by atoms with E-state index < -0.39 is 0 Å². The van der Waals surface area contributed by atoms with E-state index in [1.54, 1.807) is 18.3 Å². The first kappa shape index (κ1) is 16.8. The summed E-state index contributed by atoms with van der Waals surface area (Å²) in [5, 5.41) is 9.89. The molecular weight excluding hydrogens is 332 g/mol. The smallest absolute Gasteiger partial charge is 0.257 e. The quantitative estimate of drug-likeness (QED) is 0.831. The number of piperazine rings is 1. The fraction of sp³-hybridized carbons (Fsp3) is 0.500. The van der Waals surface area contributed by atoms with E-state index in [0.29, 0.717) is 18.2 Å². The minimum Gasteiger partial charge on any atom is -0.506 e. The topological polar surface area (TPSA) is 88.6 Å². The summed E-state index contributed by atoms with van der Waals surface area (Å²) in [5.41, 5.74) is 1.48. The Morgan fingerprint density at radius 3 is 2.81 bits per heavy atom. The van der Waals surface area contributed by atoms with Gasteiger partial charge in [-0.15, -0.1) is 0 Å². The summed E-state index contributed by atoms with van der Waals surface area (Å²) in [5.74, 6) is 1.71. The van der Waals surface area contributed by atoms with Gasteiger partial charge in [0.25, 0.3) is 5.56 Å². The molecule has 0 amide bonds. The van der Waals surface area contributed by atoms with Crippen LogP contribution in [-0.2, 0) is 13.0 Å². The van der Waals surface area contributed by atoms with Crippen LogP contribution >= 0.6 is 0 Å². The molecule has 2 N–H and O–H groups in total. The van der Waals surface area contributed by atoms with Crippen LogP contribution in [0, 0.1) is 0 Å². The van der Waals surface area contributed by atoms with Crippen molar-refractivity contribution < 1.29 is 5.11 Å². The van der Waals surface area contributed by atoms with E-state index >= 15 is 0 Å². The van der Waals surface area contributed by atoms with E-state index in [1.165, 1.54) is 0 Å². The average molecular weight is 356 g/mol. The van der Waals surface area contributed by atoms with E-state index in [9.17, 15) is 9.90 Å². The Hall–Kier alpha value is -2.61. The van der Waals surface area contributed by atoms with Gasteiger partial charge in [0.2, 0.25) is 5.95 Å². The number of pyridine rings is 1. The Kier molecular flexibility index (Phi) is 4.50. The summed E-state index contributed by atoms with van der Waals surface area (Å²) in [6.07, 6.45) is 3.49. The van der Waals surface area contributed by atoms with Crippen molar-refractivity contribution in [1.29, 1.82) is 0 Å². The Morgan fingerprint density at radius 2 is 2.04 bits per heavy atom. The zero-order valence-corrected chi connectivity index (χ0v) is 15.0. The molecule has 0 aromatic carbocycles. The average Bonchev–Trinajstić information content (AvgIpc) is 2.65. The lowest BCUT2D eigenvalue weighted by atomic mass is 10.1. The lowest BCUT2D eigenvalue weighted by Gasteiger charge is -2.35. The predicted octanol–water partition coefficient (Wildman–Crippen LogP) is 0.575. The van der Waals surface area contributed by atoms with Crippen molar-refractivity contribution in [2.45, 2.75) is 19.4 Å². The minimum absolute atomic E-state index is 0.0163. The fourth-order valence-electron chi connectivity index (χ4n) is 3.64. The monoisotopic (exact) mass is 356 g/mol. The number of anilines is 2. The Morgan fingerprint density at radius 1 is 1.23 bits per heavy atom. The summed E-state index contributed by atoms with van der Waals surface area (Å²) >= 11 is 0. The first-order valence-electron chi connectivity index (χ1n) is 9.06. The molecule has 4 heterocycles. The summed E-state index contributed by atoms with van der Waals surface area (Å²) in [6.45, 7) is 4.76. The van der Waals surface area contributed by atoms with Gasteiger partial charge < -0.3 is 14.9 Å². The van der Waals surface area contributed by atoms with Crippen molar-refractivity contribution in [2.75, 3.05) is 49.6 Å². The predicted molar refractivity (Wildman–Crippen MR) is 99.8 cm³/mol. The molecular formula is C18H24N6O2. The molecule has 0 bridgehead atoms. The van der Waals surface area contributed by atoms with Gasteiger partial charge in [-0.3, -0.25) is 19.7 Å². The van der Waals surface area contributed by atoms with Crippen molar-refractivity contribution in [3.63, 3.8) is 0 Å². The number of aromatic amines is 1. The number of hydrogen-bond donors (Lipinski definition) is 2. The van der Waals surface area contributed by atoms with Crippen LogP contribution in [0.15, 0.2) is 23.1 Å². The summed E-state index contributed by atoms with van der Waals surface area (Å²) in [4.78, 5) is 30.8. The molecule has 0 saturated carbocycles. The normalized spacial score (nSPS) is 18.0. The second kappa shape index (κ2) is 6.95. The zero-order valence-electron chi connectivity index (χ0n) is 15.0. The largest absolute Gasteiger partial charge is 0.506 e. The van der Waals surface area contributed by atoms with E-state index in [0.717, 1.165) is 56.9 Å². The Balaban J connectivity index is 1.45. The number of nitrogens with zero attached hydrogens (tertiary/aromatic N) is 5. The third kappa shape index (κ3) is 3.24. The van der Waals surface area contributed by atoms with Crippen LogP contribution in [0.25, 0.3) is 0 Å². The highest BCUT2D eigenvalue weighted by Crippen LogP contribution is 2.23. The number of hydrogen-bond acceptors (Lipinski definition) is 7. The van der Waals surface area contributed by atoms with Gasteiger partial charge >= 0.3 is 0 Å². The van der Waals surface area contributed by atoms with Crippen molar-refractivity contribution >= 4 is 11.8 Å². The first-order valence-corrected chi connectivity index (χ1v) is 9.06. The molecule has 8 nitrogen and oxygen atoms in total. The standard InChI is InChI=1S/C18H24N6O2/c1-22-7-3-4-13-16(22)20-18(21-17(13)26)24-10-8-23(9-11-24)12-14-15(25)5-2-6-19-14/h2,5-6,25H,3-4,7-12H2,1H3,(H,20,21,26). The van der Waals surface area contributed by atoms with Gasteiger partial charge in [0, 0.05) is 52.5 Å². The van der Waals surface area contributed by atoms with Gasteiger partial charge in [0.15, 0.2) is 0 Å². The van der Waals surface area contributed by atoms with Crippen molar-refractivity contribution in [3.05, 3.63) is 39.9 Å². The summed E-state index contributed by atoms with van der Waals surface area (Å²) in [6, 6.07) is 3.39. The second-order valence-electron chi connectivity index (χ2n) is 6.95. The molecule has 26 heavy (non-hydrogen) atoms. The number of aromatic hydroxyl groups is 1. The van der Waals surface area contributed by atoms with Crippen LogP contribution in [0.3, 0.4) is 0 Å². The van der Waals surface area contributed by atoms with E-state index in [4.69, 9.17) is 4.98 Å². The van der Waals surface area contributed by atoms with Crippen LogP contribution in [0.4, 0.5) is 11.8 Å². The van der Waals surface area contributed by atoms with Crippen molar-refractivity contribution in [3.8, 4) is 5.75 Å². The maximum absolute atomic E-state index is 12.4. The van der Waals surface area contributed by atoms with Crippen LogP contribution in [0.1, 0.15) is 17.7 Å².